The van der Waals surface area contributed by atoms with E-state index in [4.69, 9.17) is 9.57 Å². The van der Waals surface area contributed by atoms with Crippen LogP contribution in [0.5, 0.6) is 5.88 Å². The molecule has 0 aliphatic carbocycles. The number of methoxy groups -OCH3 is 1. The molecule has 3 rings (SSSR count). The topological polar surface area (TPSA) is 48.6 Å². The molecule has 0 radical (unpaired) electrons. The van der Waals surface area contributed by atoms with Crippen LogP contribution >= 0.6 is 0 Å². The smallest absolute Gasteiger partial charge is 0.226 e. The van der Waals surface area contributed by atoms with Crippen LogP contribution in [0.1, 0.15) is 16.8 Å². The molecule has 1 heterocycles. The molecule has 5 nitrogen and oxygen atoms in total. The van der Waals surface area contributed by atoms with Crippen molar-refractivity contribution in [2.24, 2.45) is 5.16 Å². The lowest BCUT2D eigenvalue weighted by atomic mass is 10.0. The first kappa shape index (κ1) is 15.8. The summed E-state index contributed by atoms with van der Waals surface area (Å²) in [5, 5.41) is 8.86. The predicted molar refractivity (Wildman–Crippen MR) is 93.9 cm³/mol. The highest BCUT2D eigenvalue weighted by atomic mass is 16.6. The maximum Gasteiger partial charge on any atom is 0.226 e. The first-order valence-corrected chi connectivity index (χ1v) is 7.62. The van der Waals surface area contributed by atoms with Crippen LogP contribution in [0.25, 0.3) is 5.69 Å². The second-order valence-electron chi connectivity index (χ2n) is 5.21. The van der Waals surface area contributed by atoms with Gasteiger partial charge < -0.3 is 9.57 Å². The summed E-state index contributed by atoms with van der Waals surface area (Å²) in [6.07, 6.45) is 0. The summed E-state index contributed by atoms with van der Waals surface area (Å²) in [7, 11) is 3.17. The zero-order valence-electron chi connectivity index (χ0n) is 13.9. The van der Waals surface area contributed by atoms with Crippen molar-refractivity contribution in [2.45, 2.75) is 6.92 Å². The molecule has 2 aromatic carbocycles. The standard InChI is InChI=1S/C19H19N3O2/c1-14-17(18(21-24-3)15-10-6-4-7-11-15)19(23-2)22(20-14)16-12-8-5-9-13-16/h4-13H,1-3H3/b21-18+. The molecule has 5 heteroatoms. The number of aromatic nitrogens is 2. The van der Waals surface area contributed by atoms with Gasteiger partial charge in [0.25, 0.3) is 0 Å². The molecule has 3 aromatic rings. The lowest BCUT2D eigenvalue weighted by Crippen LogP contribution is -2.07. The summed E-state index contributed by atoms with van der Waals surface area (Å²) in [4.78, 5) is 5.08. The van der Waals surface area contributed by atoms with E-state index in [0.29, 0.717) is 11.6 Å². The van der Waals surface area contributed by atoms with Crippen LogP contribution in [0.4, 0.5) is 0 Å². The van der Waals surface area contributed by atoms with Crippen molar-refractivity contribution in [1.29, 1.82) is 0 Å². The Balaban J connectivity index is 2.20. The SMILES string of the molecule is CO/N=C(\c1ccccc1)c1c(C)nn(-c2ccccc2)c1OC. The van der Waals surface area contributed by atoms with Crippen LogP contribution in [0.3, 0.4) is 0 Å². The number of nitrogens with zero attached hydrogens (tertiary/aromatic N) is 3. The Morgan fingerprint density at radius 3 is 2.17 bits per heavy atom. The molecule has 0 aliphatic heterocycles. The Morgan fingerprint density at radius 1 is 0.958 bits per heavy atom. The van der Waals surface area contributed by atoms with Crippen LogP contribution in [0.2, 0.25) is 0 Å². The molecule has 0 N–H and O–H groups in total. The molecule has 0 unspecified atom stereocenters. The van der Waals surface area contributed by atoms with Gasteiger partial charge in [-0.25, -0.2) is 4.68 Å². The minimum absolute atomic E-state index is 0.623. The molecule has 0 atom stereocenters. The van der Waals surface area contributed by atoms with Gasteiger partial charge in [0.05, 0.1) is 24.1 Å². The van der Waals surface area contributed by atoms with Crippen LogP contribution in [-0.2, 0) is 4.84 Å². The number of hydrogen-bond acceptors (Lipinski definition) is 4. The number of para-hydroxylation sites is 1. The van der Waals surface area contributed by atoms with Crippen LogP contribution in [0, 0.1) is 6.92 Å². The van der Waals surface area contributed by atoms with E-state index in [1.807, 2.05) is 67.6 Å². The van der Waals surface area contributed by atoms with Crippen molar-refractivity contribution < 1.29 is 9.57 Å². The summed E-state index contributed by atoms with van der Waals surface area (Å²) in [5.41, 5.74) is 4.18. The molecule has 1 aromatic heterocycles. The molecule has 0 bridgehead atoms. The van der Waals surface area contributed by atoms with E-state index in [1.165, 1.54) is 7.11 Å². The number of ether oxygens (including phenoxy) is 1. The summed E-state index contributed by atoms with van der Waals surface area (Å²) >= 11 is 0. The maximum atomic E-state index is 5.66. The summed E-state index contributed by atoms with van der Waals surface area (Å²) in [5.74, 6) is 0.623. The molecule has 0 saturated carbocycles. The summed E-state index contributed by atoms with van der Waals surface area (Å²) in [6, 6.07) is 19.7. The van der Waals surface area contributed by atoms with Gasteiger partial charge in [0.1, 0.15) is 12.8 Å². The number of oxime groups is 1. The zero-order chi connectivity index (χ0) is 16.9. The maximum absolute atomic E-state index is 5.66. The third kappa shape index (κ3) is 2.88. The van der Waals surface area contributed by atoms with Gasteiger partial charge in [-0.1, -0.05) is 53.7 Å². The minimum Gasteiger partial charge on any atom is -0.480 e. The molecule has 0 aliphatic rings. The quantitative estimate of drug-likeness (QED) is 0.533. The molecule has 0 fully saturated rings. The van der Waals surface area contributed by atoms with Gasteiger partial charge in [-0.05, 0) is 19.1 Å². The lowest BCUT2D eigenvalue weighted by molar-refractivity contribution is 0.214. The number of rotatable bonds is 5. The fourth-order valence-corrected chi connectivity index (χ4v) is 2.64. The largest absolute Gasteiger partial charge is 0.480 e. The highest BCUT2D eigenvalue weighted by molar-refractivity contribution is 6.14. The van der Waals surface area contributed by atoms with E-state index in [1.54, 1.807) is 11.8 Å². The highest BCUT2D eigenvalue weighted by Crippen LogP contribution is 2.28. The van der Waals surface area contributed by atoms with Gasteiger partial charge in [-0.3, -0.25) is 0 Å². The van der Waals surface area contributed by atoms with Crippen molar-refractivity contribution in [3.8, 4) is 11.6 Å². The summed E-state index contributed by atoms with van der Waals surface area (Å²) in [6.45, 7) is 1.94. The zero-order valence-corrected chi connectivity index (χ0v) is 13.9. The Kier molecular flexibility index (Phi) is 4.61. The van der Waals surface area contributed by atoms with Crippen molar-refractivity contribution in [2.75, 3.05) is 14.2 Å². The Hall–Kier alpha value is -3.08. The second-order valence-corrected chi connectivity index (χ2v) is 5.21. The minimum atomic E-state index is 0.623. The highest BCUT2D eigenvalue weighted by Gasteiger charge is 2.23. The molecule has 122 valence electrons. The van der Waals surface area contributed by atoms with Gasteiger partial charge in [-0.15, -0.1) is 0 Å². The van der Waals surface area contributed by atoms with Crippen LogP contribution in [-0.4, -0.2) is 29.7 Å². The van der Waals surface area contributed by atoms with Crippen LogP contribution < -0.4 is 4.74 Å². The van der Waals surface area contributed by atoms with Gasteiger partial charge >= 0.3 is 0 Å². The number of benzene rings is 2. The van der Waals surface area contributed by atoms with Gasteiger partial charge in [0.2, 0.25) is 5.88 Å². The molecule has 0 spiro atoms. The van der Waals surface area contributed by atoms with E-state index in [-0.39, 0.29) is 0 Å². The average molecular weight is 321 g/mol. The number of hydrogen-bond donors (Lipinski definition) is 0. The van der Waals surface area contributed by atoms with E-state index in [0.717, 1.165) is 22.5 Å². The van der Waals surface area contributed by atoms with Crippen molar-refractivity contribution in [3.63, 3.8) is 0 Å². The van der Waals surface area contributed by atoms with E-state index in [2.05, 4.69) is 10.3 Å². The van der Waals surface area contributed by atoms with E-state index in [9.17, 15) is 0 Å². The Morgan fingerprint density at radius 2 is 1.58 bits per heavy atom. The van der Waals surface area contributed by atoms with Gasteiger partial charge in [-0.2, -0.15) is 5.10 Å². The Labute approximate surface area is 141 Å². The molecule has 24 heavy (non-hydrogen) atoms. The van der Waals surface area contributed by atoms with Gasteiger partial charge in [0.15, 0.2) is 0 Å². The molecule has 0 amide bonds. The van der Waals surface area contributed by atoms with Crippen molar-refractivity contribution in [3.05, 3.63) is 77.5 Å². The predicted octanol–water partition coefficient (Wildman–Crippen LogP) is 3.59. The van der Waals surface area contributed by atoms with E-state index < -0.39 is 0 Å². The number of aryl methyl sites for hydroxylation is 1. The monoisotopic (exact) mass is 321 g/mol. The Bertz CT molecular complexity index is 840. The van der Waals surface area contributed by atoms with Gasteiger partial charge in [0, 0.05) is 5.56 Å². The molecule has 0 saturated heterocycles. The van der Waals surface area contributed by atoms with Crippen molar-refractivity contribution >= 4 is 5.71 Å². The third-order valence-corrected chi connectivity index (χ3v) is 3.68. The fraction of sp³-hybridized carbons (Fsp3) is 0.158. The van der Waals surface area contributed by atoms with Crippen LogP contribution in [0.15, 0.2) is 65.8 Å². The lowest BCUT2D eigenvalue weighted by Gasteiger charge is -2.10. The molecular formula is C19H19N3O2. The summed E-state index contributed by atoms with van der Waals surface area (Å²) < 4.78 is 7.44. The first-order chi connectivity index (χ1) is 11.8. The second kappa shape index (κ2) is 7.00. The average Bonchev–Trinajstić information content (AvgIpc) is 2.97. The normalized spacial score (nSPS) is 11.4. The third-order valence-electron chi connectivity index (χ3n) is 3.68. The van der Waals surface area contributed by atoms with E-state index >= 15 is 0 Å². The fourth-order valence-electron chi connectivity index (χ4n) is 2.64. The molecular weight excluding hydrogens is 302 g/mol. The van der Waals surface area contributed by atoms with Crippen molar-refractivity contribution in [1.82, 2.24) is 9.78 Å². The first-order valence-electron chi connectivity index (χ1n) is 7.62.